The molecule has 0 aliphatic carbocycles. The Morgan fingerprint density at radius 3 is 2.70 bits per heavy atom. The van der Waals surface area contributed by atoms with Gasteiger partial charge in [0, 0.05) is 34.5 Å². The van der Waals surface area contributed by atoms with Gasteiger partial charge in [0.05, 0.1) is 19.1 Å². The van der Waals surface area contributed by atoms with E-state index in [9.17, 15) is 0 Å². The number of ether oxygens (including phenoxy) is 1. The van der Waals surface area contributed by atoms with Gasteiger partial charge in [-0.3, -0.25) is 0 Å². The standard InChI is InChI=1S/C19H16N2O2/c1-2-23-16-5-3-13(4-6-16)15-9-17-18(14-7-8-22-12-14)11-21-19(17)20-10-15/h3-12H,2H2,1H3,(H,20,21). The van der Waals surface area contributed by atoms with Gasteiger partial charge in [0.25, 0.3) is 0 Å². The first-order valence-electron chi connectivity index (χ1n) is 7.58. The van der Waals surface area contributed by atoms with Crippen molar-refractivity contribution in [1.29, 1.82) is 0 Å². The van der Waals surface area contributed by atoms with Crippen molar-refractivity contribution in [3.63, 3.8) is 0 Å². The third-order valence-electron chi connectivity index (χ3n) is 3.86. The smallest absolute Gasteiger partial charge is 0.137 e. The lowest BCUT2D eigenvalue weighted by Crippen LogP contribution is -1.90. The molecule has 0 amide bonds. The van der Waals surface area contributed by atoms with E-state index in [1.165, 1.54) is 0 Å². The number of furan rings is 1. The van der Waals surface area contributed by atoms with E-state index in [0.29, 0.717) is 6.61 Å². The van der Waals surface area contributed by atoms with E-state index in [0.717, 1.165) is 39.0 Å². The first kappa shape index (κ1) is 13.6. The Balaban J connectivity index is 1.77. The van der Waals surface area contributed by atoms with Crippen LogP contribution in [0.3, 0.4) is 0 Å². The van der Waals surface area contributed by atoms with Crippen LogP contribution in [0.1, 0.15) is 6.92 Å². The van der Waals surface area contributed by atoms with Gasteiger partial charge in [-0.15, -0.1) is 0 Å². The Labute approximate surface area is 133 Å². The van der Waals surface area contributed by atoms with Crippen molar-refractivity contribution in [2.75, 3.05) is 6.61 Å². The maximum atomic E-state index is 5.49. The van der Waals surface area contributed by atoms with Crippen LogP contribution in [0.5, 0.6) is 5.75 Å². The van der Waals surface area contributed by atoms with E-state index < -0.39 is 0 Å². The second-order valence-electron chi connectivity index (χ2n) is 5.29. The van der Waals surface area contributed by atoms with Crippen LogP contribution >= 0.6 is 0 Å². The fourth-order valence-corrected chi connectivity index (χ4v) is 2.73. The van der Waals surface area contributed by atoms with Crippen molar-refractivity contribution < 1.29 is 9.15 Å². The highest BCUT2D eigenvalue weighted by molar-refractivity contribution is 5.95. The summed E-state index contributed by atoms with van der Waals surface area (Å²) >= 11 is 0. The van der Waals surface area contributed by atoms with E-state index in [1.54, 1.807) is 12.5 Å². The lowest BCUT2D eigenvalue weighted by atomic mass is 10.0. The highest BCUT2D eigenvalue weighted by atomic mass is 16.5. The van der Waals surface area contributed by atoms with Gasteiger partial charge in [-0.25, -0.2) is 4.98 Å². The first-order valence-corrected chi connectivity index (χ1v) is 7.58. The Morgan fingerprint density at radius 2 is 1.96 bits per heavy atom. The van der Waals surface area contributed by atoms with Crippen LogP contribution in [0.2, 0.25) is 0 Å². The maximum Gasteiger partial charge on any atom is 0.137 e. The second-order valence-corrected chi connectivity index (χ2v) is 5.29. The van der Waals surface area contributed by atoms with Crippen LogP contribution in [0.25, 0.3) is 33.3 Å². The van der Waals surface area contributed by atoms with Gasteiger partial charge in [-0.1, -0.05) is 12.1 Å². The predicted octanol–water partition coefficient (Wildman–Crippen LogP) is 4.89. The topological polar surface area (TPSA) is 51.0 Å². The maximum absolute atomic E-state index is 5.49. The Hall–Kier alpha value is -3.01. The molecule has 0 saturated heterocycles. The van der Waals surface area contributed by atoms with Crippen LogP contribution in [0.15, 0.2) is 65.7 Å². The fraction of sp³-hybridized carbons (Fsp3) is 0.105. The summed E-state index contributed by atoms with van der Waals surface area (Å²) in [6.07, 6.45) is 7.27. The Morgan fingerprint density at radius 1 is 1.09 bits per heavy atom. The van der Waals surface area contributed by atoms with Gasteiger partial charge in [0.2, 0.25) is 0 Å². The molecule has 0 bridgehead atoms. The normalized spacial score (nSPS) is 11.0. The van der Waals surface area contributed by atoms with E-state index >= 15 is 0 Å². The zero-order chi connectivity index (χ0) is 15.6. The average molecular weight is 304 g/mol. The van der Waals surface area contributed by atoms with E-state index in [1.807, 2.05) is 37.5 Å². The molecule has 0 aliphatic rings. The van der Waals surface area contributed by atoms with Crippen molar-refractivity contribution in [2.45, 2.75) is 6.92 Å². The number of fused-ring (bicyclic) bond motifs is 1. The summed E-state index contributed by atoms with van der Waals surface area (Å²) in [7, 11) is 0. The number of aromatic amines is 1. The molecule has 23 heavy (non-hydrogen) atoms. The third kappa shape index (κ3) is 2.48. The molecule has 0 saturated carbocycles. The number of hydrogen-bond donors (Lipinski definition) is 1. The third-order valence-corrected chi connectivity index (χ3v) is 3.86. The van der Waals surface area contributed by atoms with Crippen LogP contribution in [-0.2, 0) is 0 Å². The average Bonchev–Trinajstić information content (AvgIpc) is 3.24. The van der Waals surface area contributed by atoms with Gasteiger partial charge in [-0.2, -0.15) is 0 Å². The molecule has 4 heteroatoms. The van der Waals surface area contributed by atoms with E-state index in [-0.39, 0.29) is 0 Å². The van der Waals surface area contributed by atoms with Gasteiger partial charge in [0.15, 0.2) is 0 Å². The molecule has 0 fully saturated rings. The lowest BCUT2D eigenvalue weighted by Gasteiger charge is -2.05. The highest BCUT2D eigenvalue weighted by Gasteiger charge is 2.10. The largest absolute Gasteiger partial charge is 0.494 e. The zero-order valence-corrected chi connectivity index (χ0v) is 12.7. The van der Waals surface area contributed by atoms with Crippen molar-refractivity contribution in [1.82, 2.24) is 9.97 Å². The molecule has 1 aromatic carbocycles. The van der Waals surface area contributed by atoms with E-state index in [4.69, 9.17) is 9.15 Å². The monoisotopic (exact) mass is 304 g/mol. The van der Waals surface area contributed by atoms with Crippen molar-refractivity contribution in [2.24, 2.45) is 0 Å². The molecule has 114 valence electrons. The molecule has 4 rings (SSSR count). The molecular weight excluding hydrogens is 288 g/mol. The van der Waals surface area contributed by atoms with Gasteiger partial charge in [0.1, 0.15) is 11.4 Å². The first-order chi connectivity index (χ1) is 11.3. The molecule has 0 atom stereocenters. The molecule has 3 aromatic heterocycles. The summed E-state index contributed by atoms with van der Waals surface area (Å²) in [5.41, 5.74) is 5.19. The number of benzene rings is 1. The molecule has 3 heterocycles. The molecule has 4 nitrogen and oxygen atoms in total. The number of nitrogens with one attached hydrogen (secondary N) is 1. The summed E-state index contributed by atoms with van der Waals surface area (Å²) in [6.45, 7) is 2.65. The minimum absolute atomic E-state index is 0.671. The number of nitrogens with zero attached hydrogens (tertiary/aromatic N) is 1. The number of hydrogen-bond acceptors (Lipinski definition) is 3. The summed E-state index contributed by atoms with van der Waals surface area (Å²) in [6, 6.07) is 12.2. The Kier molecular flexibility index (Phi) is 3.35. The van der Waals surface area contributed by atoms with Crippen molar-refractivity contribution in [3.05, 3.63) is 61.3 Å². The number of pyridine rings is 1. The molecule has 0 unspecified atom stereocenters. The van der Waals surface area contributed by atoms with Crippen molar-refractivity contribution >= 4 is 11.0 Å². The molecule has 0 aliphatic heterocycles. The van der Waals surface area contributed by atoms with Crippen LogP contribution in [0.4, 0.5) is 0 Å². The SMILES string of the molecule is CCOc1ccc(-c2cnc3[nH]cc(-c4ccoc4)c3c2)cc1. The minimum atomic E-state index is 0.671. The van der Waals surface area contributed by atoms with Gasteiger partial charge >= 0.3 is 0 Å². The van der Waals surface area contributed by atoms with E-state index in [2.05, 4.69) is 28.2 Å². The fourth-order valence-electron chi connectivity index (χ4n) is 2.73. The van der Waals surface area contributed by atoms with Crippen molar-refractivity contribution in [3.8, 4) is 28.0 Å². The molecular formula is C19H16N2O2. The van der Waals surface area contributed by atoms with Crippen LogP contribution in [0, 0.1) is 0 Å². The zero-order valence-electron chi connectivity index (χ0n) is 12.7. The predicted molar refractivity (Wildman–Crippen MR) is 90.4 cm³/mol. The second kappa shape index (κ2) is 5.65. The molecule has 0 spiro atoms. The number of H-pyrrole nitrogens is 1. The molecule has 4 aromatic rings. The lowest BCUT2D eigenvalue weighted by molar-refractivity contribution is 0.340. The summed E-state index contributed by atoms with van der Waals surface area (Å²) in [4.78, 5) is 7.74. The molecule has 1 N–H and O–H groups in total. The summed E-state index contributed by atoms with van der Waals surface area (Å²) in [5.74, 6) is 0.881. The highest BCUT2D eigenvalue weighted by Crippen LogP contribution is 2.31. The molecule has 0 radical (unpaired) electrons. The van der Waals surface area contributed by atoms with Crippen LogP contribution < -0.4 is 4.74 Å². The minimum Gasteiger partial charge on any atom is -0.494 e. The van der Waals surface area contributed by atoms with Gasteiger partial charge in [-0.05, 0) is 36.8 Å². The number of aromatic nitrogens is 2. The number of rotatable bonds is 4. The quantitative estimate of drug-likeness (QED) is 0.584. The van der Waals surface area contributed by atoms with Crippen LogP contribution in [-0.4, -0.2) is 16.6 Å². The summed E-state index contributed by atoms with van der Waals surface area (Å²) < 4.78 is 10.7. The van der Waals surface area contributed by atoms with Gasteiger partial charge < -0.3 is 14.1 Å². The Bertz CT molecular complexity index is 922. The summed E-state index contributed by atoms with van der Waals surface area (Å²) in [5, 5.41) is 1.08.